The maximum atomic E-state index is 12.6. The highest BCUT2D eigenvalue weighted by molar-refractivity contribution is 6.08. The van der Waals surface area contributed by atoms with Gasteiger partial charge < -0.3 is 19.4 Å². The molecule has 0 saturated carbocycles. The van der Waals surface area contributed by atoms with Gasteiger partial charge in [0.25, 0.3) is 11.8 Å². The van der Waals surface area contributed by atoms with E-state index in [-0.39, 0.29) is 17.4 Å². The number of carbonyl (C=O) groups excluding carboxylic acids is 2. The molecule has 1 aliphatic heterocycles. The zero-order valence-electron chi connectivity index (χ0n) is 16.0. The summed E-state index contributed by atoms with van der Waals surface area (Å²) >= 11 is 0. The second-order valence-electron chi connectivity index (χ2n) is 6.81. The first-order valence-electron chi connectivity index (χ1n) is 9.24. The summed E-state index contributed by atoms with van der Waals surface area (Å²) in [6, 6.07) is 9.33. The fourth-order valence-electron chi connectivity index (χ4n) is 3.19. The monoisotopic (exact) mass is 431 g/mol. The zero-order valence-corrected chi connectivity index (χ0v) is 16.0. The van der Waals surface area contributed by atoms with Gasteiger partial charge in [-0.2, -0.15) is 13.2 Å². The molecule has 3 heterocycles. The van der Waals surface area contributed by atoms with E-state index >= 15 is 0 Å². The van der Waals surface area contributed by atoms with Crippen molar-refractivity contribution in [2.24, 2.45) is 0 Å². The maximum Gasteiger partial charge on any atom is 0.422 e. The molecule has 0 unspecified atom stereocenters. The van der Waals surface area contributed by atoms with Crippen molar-refractivity contribution in [2.75, 3.05) is 23.4 Å². The summed E-state index contributed by atoms with van der Waals surface area (Å²) in [5.74, 6) is -0.865. The molecular weight excluding hydrogens is 415 g/mol. The molecule has 0 fully saturated rings. The number of halogens is 3. The Morgan fingerprint density at radius 1 is 1.16 bits per heavy atom. The number of fused-ring (bicyclic) bond motifs is 1. The molecule has 0 saturated heterocycles. The van der Waals surface area contributed by atoms with Crippen LogP contribution in [0.2, 0.25) is 0 Å². The average molecular weight is 431 g/mol. The van der Waals surface area contributed by atoms with E-state index in [4.69, 9.17) is 4.42 Å². The van der Waals surface area contributed by atoms with E-state index in [1.165, 1.54) is 24.7 Å². The Morgan fingerprint density at radius 3 is 2.68 bits per heavy atom. The van der Waals surface area contributed by atoms with Crippen molar-refractivity contribution in [3.63, 3.8) is 0 Å². The molecule has 7 nitrogen and oxygen atoms in total. The van der Waals surface area contributed by atoms with Crippen molar-refractivity contribution in [3.8, 4) is 5.88 Å². The van der Waals surface area contributed by atoms with Gasteiger partial charge in [-0.25, -0.2) is 4.98 Å². The smallest absolute Gasteiger partial charge is 0.422 e. The van der Waals surface area contributed by atoms with Crippen LogP contribution in [0.25, 0.3) is 0 Å². The first-order chi connectivity index (χ1) is 14.8. The molecule has 1 N–H and O–H groups in total. The molecule has 0 bridgehead atoms. The topological polar surface area (TPSA) is 84.7 Å². The van der Waals surface area contributed by atoms with E-state index in [1.807, 2.05) is 0 Å². The molecule has 0 aliphatic carbocycles. The average Bonchev–Trinajstić information content (AvgIpc) is 3.41. The minimum absolute atomic E-state index is 0.164. The molecule has 4 rings (SSSR count). The Hall–Kier alpha value is -3.82. The number of pyridine rings is 1. The Morgan fingerprint density at radius 2 is 2.00 bits per heavy atom. The van der Waals surface area contributed by atoms with Gasteiger partial charge in [-0.3, -0.25) is 9.59 Å². The van der Waals surface area contributed by atoms with E-state index in [1.54, 1.807) is 29.2 Å². The molecule has 2 aromatic heterocycles. The van der Waals surface area contributed by atoms with Crippen molar-refractivity contribution in [1.29, 1.82) is 0 Å². The lowest BCUT2D eigenvalue weighted by Crippen LogP contribution is -2.28. The van der Waals surface area contributed by atoms with Gasteiger partial charge in [-0.15, -0.1) is 0 Å². The van der Waals surface area contributed by atoms with E-state index in [0.29, 0.717) is 24.2 Å². The minimum atomic E-state index is -4.47. The first-order valence-corrected chi connectivity index (χ1v) is 9.24. The number of hydrogen-bond donors (Lipinski definition) is 1. The van der Waals surface area contributed by atoms with Gasteiger partial charge in [0.15, 0.2) is 6.61 Å². The molecule has 1 aromatic carbocycles. The van der Waals surface area contributed by atoms with Gasteiger partial charge in [-0.05, 0) is 42.3 Å². The highest BCUT2D eigenvalue weighted by Crippen LogP contribution is 2.32. The minimum Gasteiger partial charge on any atom is -0.472 e. The Labute approximate surface area is 174 Å². The number of benzene rings is 1. The summed E-state index contributed by atoms with van der Waals surface area (Å²) < 4.78 is 46.0. The second kappa shape index (κ2) is 8.13. The summed E-state index contributed by atoms with van der Waals surface area (Å²) in [6.07, 6.45) is 0.133. The lowest BCUT2D eigenvalue weighted by atomic mass is 10.1. The Balaban J connectivity index is 1.41. The largest absolute Gasteiger partial charge is 0.472 e. The van der Waals surface area contributed by atoms with Crippen LogP contribution in [-0.2, 0) is 6.42 Å². The van der Waals surface area contributed by atoms with Gasteiger partial charge >= 0.3 is 6.18 Å². The van der Waals surface area contributed by atoms with Gasteiger partial charge in [0.1, 0.15) is 6.26 Å². The van der Waals surface area contributed by atoms with Crippen LogP contribution in [0.3, 0.4) is 0 Å². The normalized spacial score (nSPS) is 13.1. The molecule has 0 radical (unpaired) electrons. The van der Waals surface area contributed by atoms with Crippen LogP contribution in [0.1, 0.15) is 26.3 Å². The Kier molecular flexibility index (Phi) is 5.37. The van der Waals surface area contributed by atoms with E-state index in [0.717, 1.165) is 17.4 Å². The third-order valence-electron chi connectivity index (χ3n) is 4.63. The fourth-order valence-corrected chi connectivity index (χ4v) is 3.19. The molecule has 1 aliphatic rings. The van der Waals surface area contributed by atoms with Crippen LogP contribution in [0.4, 0.5) is 24.5 Å². The van der Waals surface area contributed by atoms with Crippen molar-refractivity contribution >= 4 is 23.2 Å². The number of furan rings is 1. The molecule has 0 atom stereocenters. The predicted molar refractivity (Wildman–Crippen MR) is 104 cm³/mol. The molecule has 160 valence electrons. The fraction of sp³-hybridized carbons (Fsp3) is 0.190. The highest BCUT2D eigenvalue weighted by Gasteiger charge is 2.29. The molecule has 2 amide bonds. The second-order valence-corrected chi connectivity index (χ2v) is 6.81. The van der Waals surface area contributed by atoms with Gasteiger partial charge in [-0.1, -0.05) is 0 Å². The standard InChI is InChI=1S/C21H16F3N3O4/c22-21(23,24)12-31-18-4-1-14(10-25-18)19(28)26-16-2-3-17-13(9-16)5-7-27(17)20(29)15-6-8-30-11-15/h1-4,6,8-11H,5,7,12H2,(H,26,28). The molecule has 10 heteroatoms. The molecule has 0 spiro atoms. The van der Waals surface area contributed by atoms with Crippen LogP contribution in [0, 0.1) is 0 Å². The lowest BCUT2D eigenvalue weighted by molar-refractivity contribution is -0.154. The summed E-state index contributed by atoms with van der Waals surface area (Å²) in [7, 11) is 0. The van der Waals surface area contributed by atoms with Crippen LogP contribution < -0.4 is 15.0 Å². The lowest BCUT2D eigenvalue weighted by Gasteiger charge is -2.16. The number of hydrogen-bond acceptors (Lipinski definition) is 5. The first kappa shape index (κ1) is 20.5. The number of alkyl halides is 3. The van der Waals surface area contributed by atoms with Crippen molar-refractivity contribution in [2.45, 2.75) is 12.6 Å². The summed E-state index contributed by atoms with van der Waals surface area (Å²) in [4.78, 5) is 30.4. The third-order valence-corrected chi connectivity index (χ3v) is 4.63. The number of ether oxygens (including phenoxy) is 1. The van der Waals surface area contributed by atoms with Gasteiger partial charge in [0.05, 0.1) is 17.4 Å². The van der Waals surface area contributed by atoms with Crippen LogP contribution in [0.15, 0.2) is 59.5 Å². The zero-order chi connectivity index (χ0) is 22.0. The number of amides is 2. The number of anilines is 2. The van der Waals surface area contributed by atoms with E-state index < -0.39 is 18.7 Å². The highest BCUT2D eigenvalue weighted by atomic mass is 19.4. The molecular formula is C21H16F3N3O4. The van der Waals surface area contributed by atoms with Crippen LogP contribution in [-0.4, -0.2) is 36.1 Å². The number of nitrogens with one attached hydrogen (secondary N) is 1. The van der Waals surface area contributed by atoms with Crippen molar-refractivity contribution in [3.05, 3.63) is 71.8 Å². The maximum absolute atomic E-state index is 12.6. The van der Waals surface area contributed by atoms with E-state index in [9.17, 15) is 22.8 Å². The third kappa shape index (κ3) is 4.68. The quantitative estimate of drug-likeness (QED) is 0.658. The van der Waals surface area contributed by atoms with Gasteiger partial charge in [0.2, 0.25) is 5.88 Å². The summed E-state index contributed by atoms with van der Waals surface area (Å²) in [6.45, 7) is -0.944. The number of carbonyl (C=O) groups is 2. The Bertz CT molecular complexity index is 1100. The summed E-state index contributed by atoms with van der Waals surface area (Å²) in [5, 5.41) is 2.72. The van der Waals surface area contributed by atoms with Crippen molar-refractivity contribution in [1.82, 2.24) is 4.98 Å². The van der Waals surface area contributed by atoms with Crippen LogP contribution >= 0.6 is 0 Å². The number of aromatic nitrogens is 1. The molecule has 31 heavy (non-hydrogen) atoms. The van der Waals surface area contributed by atoms with E-state index in [2.05, 4.69) is 15.0 Å². The SMILES string of the molecule is O=C(Nc1ccc2c(c1)CCN2C(=O)c1ccoc1)c1ccc(OCC(F)(F)F)nc1. The van der Waals surface area contributed by atoms with Gasteiger partial charge in [0, 0.05) is 30.2 Å². The van der Waals surface area contributed by atoms with Crippen molar-refractivity contribution < 1.29 is 31.9 Å². The number of rotatable bonds is 5. The number of nitrogens with zero attached hydrogens (tertiary/aromatic N) is 2. The summed E-state index contributed by atoms with van der Waals surface area (Å²) in [5.41, 5.74) is 2.82. The van der Waals surface area contributed by atoms with Crippen LogP contribution in [0.5, 0.6) is 5.88 Å². The predicted octanol–water partition coefficient (Wildman–Crippen LogP) is 4.07. The molecule has 3 aromatic rings.